The Morgan fingerprint density at radius 1 is 0.444 bits per heavy atom. The Kier molecular flexibility index (Phi) is 39.4. The molecule has 0 atom stereocenters. The maximum Gasteiger partial charge on any atom is 0.306 e. The van der Waals surface area contributed by atoms with Crippen molar-refractivity contribution >= 4 is 17.9 Å². The Morgan fingerprint density at radius 3 is 1.19 bits per heavy atom. The predicted molar refractivity (Wildman–Crippen MR) is 228 cm³/mol. The largest absolute Gasteiger partial charge is 0.466 e. The van der Waals surface area contributed by atoms with Crippen LogP contribution in [0.25, 0.3) is 0 Å². The van der Waals surface area contributed by atoms with Crippen LogP contribution in [0.15, 0.2) is 48.6 Å². The fourth-order valence-electron chi connectivity index (χ4n) is 6.27. The van der Waals surface area contributed by atoms with Crippen LogP contribution in [-0.2, 0) is 28.6 Å². The van der Waals surface area contributed by atoms with Crippen molar-refractivity contribution < 1.29 is 28.6 Å². The van der Waals surface area contributed by atoms with Gasteiger partial charge in [0.25, 0.3) is 0 Å². The van der Waals surface area contributed by atoms with Crippen molar-refractivity contribution in [1.82, 2.24) is 4.90 Å². The first-order chi connectivity index (χ1) is 26.4. The van der Waals surface area contributed by atoms with E-state index in [-0.39, 0.29) is 24.0 Å². The summed E-state index contributed by atoms with van der Waals surface area (Å²) in [5, 5.41) is 0. The topological polar surface area (TPSA) is 82.1 Å². The quantitative estimate of drug-likeness (QED) is 0.0267. The summed E-state index contributed by atoms with van der Waals surface area (Å²) in [7, 11) is 4.09. The summed E-state index contributed by atoms with van der Waals surface area (Å²) >= 11 is 0. The highest BCUT2D eigenvalue weighted by Crippen LogP contribution is 2.18. The minimum Gasteiger partial charge on any atom is -0.466 e. The van der Waals surface area contributed by atoms with E-state index in [1.807, 2.05) is 27.9 Å². The Labute approximate surface area is 332 Å². The molecule has 0 aliphatic carbocycles. The van der Waals surface area contributed by atoms with Crippen molar-refractivity contribution in [2.45, 2.75) is 200 Å². The number of allylic oxidation sites excluding steroid dienone is 8. The Hall–Kier alpha value is -2.67. The maximum absolute atomic E-state index is 12.6. The minimum absolute atomic E-state index is 0.0222. The van der Waals surface area contributed by atoms with E-state index in [1.165, 1.54) is 64.2 Å². The van der Waals surface area contributed by atoms with Crippen molar-refractivity contribution in [2.24, 2.45) is 0 Å². The van der Waals surface area contributed by atoms with Gasteiger partial charge >= 0.3 is 17.9 Å². The van der Waals surface area contributed by atoms with Crippen molar-refractivity contribution in [2.75, 3.05) is 33.9 Å². The molecule has 0 aliphatic heterocycles. The summed E-state index contributed by atoms with van der Waals surface area (Å²) in [4.78, 5) is 37.4. The molecule has 0 saturated carbocycles. The standard InChI is InChI=1S/C47H83NO6/c1-5-52-45(49)40-35-31-27-23-19-15-11-7-9-13-17-21-25-29-33-38-44(54-47(51)42-37-43-48(3)4)39-34-30-26-22-18-14-10-8-12-16-20-24-28-32-36-41-46(50)53-6-2/h7-8,11-12,19-20,23-24,44H,5-6,9-10,13-18,21-22,25-43H2,1-4H3/b11-7-,12-8-,23-19-,24-20-. The summed E-state index contributed by atoms with van der Waals surface area (Å²) < 4.78 is 15.9. The molecule has 0 aromatic carbocycles. The fourth-order valence-corrected chi connectivity index (χ4v) is 6.27. The lowest BCUT2D eigenvalue weighted by Gasteiger charge is -2.18. The molecule has 0 amide bonds. The third-order valence-corrected chi connectivity index (χ3v) is 9.40. The highest BCUT2D eigenvalue weighted by atomic mass is 16.5. The van der Waals surface area contributed by atoms with Crippen LogP contribution in [0.1, 0.15) is 194 Å². The normalized spacial score (nSPS) is 12.0. The van der Waals surface area contributed by atoms with Crippen molar-refractivity contribution in [3.05, 3.63) is 48.6 Å². The summed E-state index contributed by atoms with van der Waals surface area (Å²) in [5.41, 5.74) is 0. The molecular formula is C47H83NO6. The first kappa shape index (κ1) is 51.3. The van der Waals surface area contributed by atoms with Crippen LogP contribution in [0.3, 0.4) is 0 Å². The van der Waals surface area contributed by atoms with Crippen LogP contribution in [0, 0.1) is 0 Å². The average Bonchev–Trinajstić information content (AvgIpc) is 3.14. The van der Waals surface area contributed by atoms with Gasteiger partial charge in [0.05, 0.1) is 13.2 Å². The number of carbonyl (C=O) groups excluding carboxylic acids is 3. The zero-order valence-electron chi connectivity index (χ0n) is 35.5. The van der Waals surface area contributed by atoms with Crippen LogP contribution < -0.4 is 0 Å². The van der Waals surface area contributed by atoms with Gasteiger partial charge in [0.2, 0.25) is 0 Å². The van der Waals surface area contributed by atoms with Gasteiger partial charge in [-0.3, -0.25) is 14.4 Å². The van der Waals surface area contributed by atoms with E-state index in [0.717, 1.165) is 103 Å². The summed E-state index contributed by atoms with van der Waals surface area (Å²) in [6.07, 6.45) is 47.6. The van der Waals surface area contributed by atoms with Crippen LogP contribution in [0.2, 0.25) is 0 Å². The predicted octanol–water partition coefficient (Wildman–Crippen LogP) is 12.7. The second-order valence-electron chi connectivity index (χ2n) is 14.9. The second-order valence-corrected chi connectivity index (χ2v) is 14.9. The zero-order chi connectivity index (χ0) is 39.6. The average molecular weight is 758 g/mol. The van der Waals surface area contributed by atoms with E-state index in [9.17, 15) is 14.4 Å². The van der Waals surface area contributed by atoms with Gasteiger partial charge in [0.1, 0.15) is 6.10 Å². The Balaban J connectivity index is 4.00. The number of hydrogen-bond donors (Lipinski definition) is 0. The van der Waals surface area contributed by atoms with Gasteiger partial charge in [-0.05, 0) is 144 Å². The van der Waals surface area contributed by atoms with Gasteiger partial charge in [-0.25, -0.2) is 0 Å². The molecule has 54 heavy (non-hydrogen) atoms. The van der Waals surface area contributed by atoms with E-state index in [4.69, 9.17) is 14.2 Å². The summed E-state index contributed by atoms with van der Waals surface area (Å²) in [5.74, 6) is -0.188. The molecule has 0 aromatic heterocycles. The molecule has 7 heteroatoms. The van der Waals surface area contributed by atoms with E-state index < -0.39 is 0 Å². The smallest absolute Gasteiger partial charge is 0.306 e. The summed E-state index contributed by atoms with van der Waals surface area (Å²) in [6.45, 7) is 5.55. The lowest BCUT2D eigenvalue weighted by atomic mass is 10.0. The van der Waals surface area contributed by atoms with E-state index in [1.54, 1.807) is 0 Å². The maximum atomic E-state index is 12.6. The molecule has 0 radical (unpaired) electrons. The first-order valence-corrected chi connectivity index (χ1v) is 22.1. The van der Waals surface area contributed by atoms with Crippen LogP contribution in [0.5, 0.6) is 0 Å². The molecule has 0 spiro atoms. The van der Waals surface area contributed by atoms with Gasteiger partial charge in [-0.2, -0.15) is 0 Å². The molecule has 7 nitrogen and oxygen atoms in total. The van der Waals surface area contributed by atoms with Gasteiger partial charge < -0.3 is 19.1 Å². The monoisotopic (exact) mass is 758 g/mol. The van der Waals surface area contributed by atoms with Crippen LogP contribution >= 0.6 is 0 Å². The number of unbranched alkanes of at least 4 members (excludes halogenated alkanes) is 16. The minimum atomic E-state index is -0.0827. The number of ether oxygens (including phenoxy) is 3. The van der Waals surface area contributed by atoms with Gasteiger partial charge in [-0.15, -0.1) is 0 Å². The van der Waals surface area contributed by atoms with E-state index >= 15 is 0 Å². The molecule has 0 N–H and O–H groups in total. The zero-order valence-corrected chi connectivity index (χ0v) is 35.5. The van der Waals surface area contributed by atoms with E-state index in [0.29, 0.717) is 32.5 Å². The van der Waals surface area contributed by atoms with Gasteiger partial charge in [0.15, 0.2) is 0 Å². The third-order valence-electron chi connectivity index (χ3n) is 9.40. The van der Waals surface area contributed by atoms with Crippen LogP contribution in [0.4, 0.5) is 0 Å². The molecule has 0 fully saturated rings. The molecule has 0 heterocycles. The van der Waals surface area contributed by atoms with Crippen LogP contribution in [-0.4, -0.2) is 62.8 Å². The van der Waals surface area contributed by atoms with E-state index in [2.05, 4.69) is 53.5 Å². The van der Waals surface area contributed by atoms with Gasteiger partial charge in [0, 0.05) is 19.3 Å². The molecule has 0 aliphatic rings. The highest BCUT2D eigenvalue weighted by molar-refractivity contribution is 5.70. The molecule has 0 bridgehead atoms. The number of hydrogen-bond acceptors (Lipinski definition) is 7. The molecule has 0 aromatic rings. The molecule has 0 unspecified atom stereocenters. The number of rotatable bonds is 39. The number of nitrogens with zero attached hydrogens (tertiary/aromatic N) is 1. The Morgan fingerprint density at radius 2 is 0.796 bits per heavy atom. The second kappa shape index (κ2) is 41.5. The molecule has 0 saturated heterocycles. The number of carbonyl (C=O) groups is 3. The van der Waals surface area contributed by atoms with Gasteiger partial charge in [-0.1, -0.05) is 100.0 Å². The fraction of sp³-hybridized carbons (Fsp3) is 0.766. The van der Waals surface area contributed by atoms with Crippen molar-refractivity contribution in [3.63, 3.8) is 0 Å². The first-order valence-electron chi connectivity index (χ1n) is 22.1. The highest BCUT2D eigenvalue weighted by Gasteiger charge is 2.14. The molecular weight excluding hydrogens is 675 g/mol. The summed E-state index contributed by atoms with van der Waals surface area (Å²) in [6, 6.07) is 0. The molecule has 0 rings (SSSR count). The van der Waals surface area contributed by atoms with Crippen molar-refractivity contribution in [1.29, 1.82) is 0 Å². The SMILES string of the molecule is CCOC(=O)CCCC/C=C\C/C=C\CCCCCCCCC(CCCCCCCC/C=C\C/C=C\CCCCC(=O)OCC)OC(=O)CCCN(C)C. The number of esters is 3. The lowest BCUT2D eigenvalue weighted by molar-refractivity contribution is -0.150. The third kappa shape index (κ3) is 40.5. The lowest BCUT2D eigenvalue weighted by Crippen LogP contribution is -2.20. The molecule has 312 valence electrons. The van der Waals surface area contributed by atoms with Crippen molar-refractivity contribution in [3.8, 4) is 0 Å². The Bertz CT molecular complexity index is 921.